The van der Waals surface area contributed by atoms with Crippen molar-refractivity contribution >= 4 is 12.2 Å². The van der Waals surface area contributed by atoms with E-state index in [2.05, 4.69) is 11.1 Å². The monoisotopic (exact) mass is 328 g/mol. The Labute approximate surface area is 142 Å². The zero-order valence-electron chi connectivity index (χ0n) is 14.8. The molecule has 0 unspecified atom stereocenters. The van der Waals surface area contributed by atoms with E-state index in [0.29, 0.717) is 0 Å². The molecule has 0 saturated heterocycles. The summed E-state index contributed by atoms with van der Waals surface area (Å²) in [5.41, 5.74) is 2.89. The molecule has 2 rings (SSSR count). The summed E-state index contributed by atoms with van der Waals surface area (Å²) in [6, 6.07) is 6.02. The van der Waals surface area contributed by atoms with Gasteiger partial charge in [0.05, 0.1) is 24.2 Å². The van der Waals surface area contributed by atoms with Gasteiger partial charge < -0.3 is 14.0 Å². The lowest BCUT2D eigenvalue weighted by atomic mass is 10.1. The minimum atomic E-state index is -0.372. The molecule has 2 aromatic rings. The van der Waals surface area contributed by atoms with E-state index >= 15 is 0 Å². The number of esters is 1. The van der Waals surface area contributed by atoms with Gasteiger partial charge in [0.1, 0.15) is 5.75 Å². The largest absolute Gasteiger partial charge is 0.491 e. The summed E-state index contributed by atoms with van der Waals surface area (Å²) in [5, 5.41) is 0. The second-order valence-electron chi connectivity index (χ2n) is 6.21. The van der Waals surface area contributed by atoms with E-state index < -0.39 is 0 Å². The molecule has 0 atom stereocenters. The SMILES string of the molecule is Cc1cc(OC(C)C)cc(-c2cn(/C=C\C(=O)OC(C)C)cn2)c1. The van der Waals surface area contributed by atoms with Gasteiger partial charge in [0.25, 0.3) is 0 Å². The third-order valence-electron chi connectivity index (χ3n) is 3.05. The zero-order chi connectivity index (χ0) is 17.7. The van der Waals surface area contributed by atoms with E-state index in [1.807, 2.05) is 52.9 Å². The van der Waals surface area contributed by atoms with Gasteiger partial charge in [0, 0.05) is 24.0 Å². The van der Waals surface area contributed by atoms with Crippen molar-refractivity contribution in [2.45, 2.75) is 46.8 Å². The van der Waals surface area contributed by atoms with E-state index in [1.165, 1.54) is 6.08 Å². The van der Waals surface area contributed by atoms with E-state index in [4.69, 9.17) is 9.47 Å². The molecule has 0 spiro atoms. The lowest BCUT2D eigenvalue weighted by molar-refractivity contribution is -0.141. The Hall–Kier alpha value is -2.56. The highest BCUT2D eigenvalue weighted by atomic mass is 16.5. The molecule has 1 aromatic heterocycles. The molecule has 0 aliphatic rings. The Morgan fingerprint density at radius 2 is 1.92 bits per heavy atom. The Kier molecular flexibility index (Phi) is 5.79. The topological polar surface area (TPSA) is 53.4 Å². The molecule has 0 N–H and O–H groups in total. The third kappa shape index (κ3) is 5.26. The molecular weight excluding hydrogens is 304 g/mol. The highest BCUT2D eigenvalue weighted by Gasteiger charge is 2.07. The van der Waals surface area contributed by atoms with Gasteiger partial charge >= 0.3 is 5.97 Å². The van der Waals surface area contributed by atoms with Crippen LogP contribution in [0.4, 0.5) is 0 Å². The fourth-order valence-electron chi connectivity index (χ4n) is 2.22. The van der Waals surface area contributed by atoms with Crippen molar-refractivity contribution in [1.82, 2.24) is 9.55 Å². The Morgan fingerprint density at radius 1 is 1.17 bits per heavy atom. The maximum absolute atomic E-state index is 11.5. The predicted molar refractivity (Wildman–Crippen MR) is 94.7 cm³/mol. The molecule has 5 nitrogen and oxygen atoms in total. The van der Waals surface area contributed by atoms with E-state index in [9.17, 15) is 4.79 Å². The first-order valence-electron chi connectivity index (χ1n) is 8.04. The second kappa shape index (κ2) is 7.81. The molecule has 1 heterocycles. The molecule has 0 radical (unpaired) electrons. The molecule has 0 bridgehead atoms. The molecule has 1 aromatic carbocycles. The summed E-state index contributed by atoms with van der Waals surface area (Å²) in [6.45, 7) is 9.65. The van der Waals surface area contributed by atoms with Crippen LogP contribution in [0.25, 0.3) is 17.5 Å². The minimum absolute atomic E-state index is 0.118. The molecule has 24 heavy (non-hydrogen) atoms. The molecule has 0 aliphatic heterocycles. The molecular formula is C19H24N2O3. The molecule has 128 valence electrons. The fraction of sp³-hybridized carbons (Fsp3) is 0.368. The number of nitrogens with zero attached hydrogens (tertiary/aromatic N) is 2. The van der Waals surface area contributed by atoms with Crippen LogP contribution in [0.15, 0.2) is 36.8 Å². The predicted octanol–water partition coefficient (Wildman–Crippen LogP) is 4.07. The number of imidazole rings is 1. The Balaban J connectivity index is 2.17. The molecule has 0 saturated carbocycles. The number of hydrogen-bond donors (Lipinski definition) is 0. The average molecular weight is 328 g/mol. The van der Waals surface area contributed by atoms with Crippen LogP contribution in [-0.2, 0) is 9.53 Å². The van der Waals surface area contributed by atoms with Crippen molar-refractivity contribution in [3.8, 4) is 17.0 Å². The number of carbonyl (C=O) groups excluding carboxylic acids is 1. The van der Waals surface area contributed by atoms with E-state index in [-0.39, 0.29) is 18.2 Å². The lowest BCUT2D eigenvalue weighted by Crippen LogP contribution is -2.08. The number of carbonyl (C=O) groups is 1. The van der Waals surface area contributed by atoms with Gasteiger partial charge in [0.15, 0.2) is 0 Å². The van der Waals surface area contributed by atoms with Gasteiger partial charge in [-0.05, 0) is 58.4 Å². The van der Waals surface area contributed by atoms with Crippen LogP contribution in [-0.4, -0.2) is 27.7 Å². The van der Waals surface area contributed by atoms with Gasteiger partial charge in [-0.1, -0.05) is 0 Å². The number of aromatic nitrogens is 2. The van der Waals surface area contributed by atoms with Crippen LogP contribution in [0.3, 0.4) is 0 Å². The number of aryl methyl sites for hydroxylation is 1. The average Bonchev–Trinajstić information content (AvgIpc) is 2.92. The summed E-state index contributed by atoms with van der Waals surface area (Å²) in [6.07, 6.45) is 6.50. The molecule has 0 aliphatic carbocycles. The summed E-state index contributed by atoms with van der Waals surface area (Å²) in [7, 11) is 0. The van der Waals surface area contributed by atoms with Crippen molar-refractivity contribution in [3.05, 3.63) is 42.4 Å². The van der Waals surface area contributed by atoms with Gasteiger partial charge in [-0.2, -0.15) is 0 Å². The van der Waals surface area contributed by atoms with Crippen molar-refractivity contribution < 1.29 is 14.3 Å². The normalized spacial score (nSPS) is 11.5. The maximum atomic E-state index is 11.5. The van der Waals surface area contributed by atoms with E-state index in [1.54, 1.807) is 17.1 Å². The lowest BCUT2D eigenvalue weighted by Gasteiger charge is -2.11. The van der Waals surface area contributed by atoms with Gasteiger partial charge in [-0.25, -0.2) is 9.78 Å². The fourth-order valence-corrected chi connectivity index (χ4v) is 2.22. The third-order valence-corrected chi connectivity index (χ3v) is 3.05. The number of ether oxygens (including phenoxy) is 2. The first-order chi connectivity index (χ1) is 11.3. The summed E-state index contributed by atoms with van der Waals surface area (Å²) in [5.74, 6) is 0.453. The highest BCUT2D eigenvalue weighted by molar-refractivity contribution is 5.85. The number of rotatable bonds is 6. The maximum Gasteiger partial charge on any atom is 0.332 e. The van der Waals surface area contributed by atoms with Crippen LogP contribution in [0, 0.1) is 6.92 Å². The summed E-state index contributed by atoms with van der Waals surface area (Å²) in [4.78, 5) is 15.9. The van der Waals surface area contributed by atoms with Crippen LogP contribution in [0.5, 0.6) is 5.75 Å². The van der Waals surface area contributed by atoms with Gasteiger partial charge in [-0.3, -0.25) is 0 Å². The molecule has 5 heteroatoms. The van der Waals surface area contributed by atoms with Crippen LogP contribution in [0.1, 0.15) is 33.3 Å². The van der Waals surface area contributed by atoms with Crippen molar-refractivity contribution in [2.24, 2.45) is 0 Å². The quantitative estimate of drug-likeness (QED) is 0.592. The van der Waals surface area contributed by atoms with Crippen LogP contribution in [0.2, 0.25) is 0 Å². The molecule has 0 amide bonds. The first-order valence-corrected chi connectivity index (χ1v) is 8.04. The van der Waals surface area contributed by atoms with Crippen molar-refractivity contribution in [2.75, 3.05) is 0 Å². The highest BCUT2D eigenvalue weighted by Crippen LogP contribution is 2.25. The second-order valence-corrected chi connectivity index (χ2v) is 6.21. The standard InChI is InChI=1S/C19H24N2O3/c1-13(2)23-17-9-15(5)8-16(10-17)18-11-21(12-20-18)7-6-19(22)24-14(3)4/h6-14H,1-5H3/b7-6-. The smallest absolute Gasteiger partial charge is 0.332 e. The summed E-state index contributed by atoms with van der Waals surface area (Å²) < 4.78 is 12.6. The van der Waals surface area contributed by atoms with Gasteiger partial charge in [0.2, 0.25) is 0 Å². The van der Waals surface area contributed by atoms with Crippen molar-refractivity contribution in [3.63, 3.8) is 0 Å². The van der Waals surface area contributed by atoms with Crippen LogP contribution >= 0.6 is 0 Å². The summed E-state index contributed by atoms with van der Waals surface area (Å²) >= 11 is 0. The number of benzene rings is 1. The first kappa shape index (κ1) is 17.8. The number of hydrogen-bond acceptors (Lipinski definition) is 4. The van der Waals surface area contributed by atoms with E-state index in [0.717, 1.165) is 22.6 Å². The Bertz CT molecular complexity index is 730. The zero-order valence-corrected chi connectivity index (χ0v) is 14.8. The van der Waals surface area contributed by atoms with Gasteiger partial charge in [-0.15, -0.1) is 0 Å². The molecule has 0 fully saturated rings. The Morgan fingerprint density at radius 3 is 2.58 bits per heavy atom. The minimum Gasteiger partial charge on any atom is -0.491 e. The van der Waals surface area contributed by atoms with Crippen LogP contribution < -0.4 is 4.74 Å². The van der Waals surface area contributed by atoms with Crippen molar-refractivity contribution in [1.29, 1.82) is 0 Å².